The maximum absolute atomic E-state index is 10.9. The summed E-state index contributed by atoms with van der Waals surface area (Å²) >= 11 is 0. The molecule has 2 rings (SSSR count). The minimum Gasteiger partial charge on any atom is -0.480 e. The van der Waals surface area contributed by atoms with E-state index in [2.05, 4.69) is 4.98 Å². The zero-order valence-corrected chi connectivity index (χ0v) is 10.6. The van der Waals surface area contributed by atoms with Gasteiger partial charge in [0.05, 0.1) is 0 Å². The second-order valence-electron chi connectivity index (χ2n) is 5.28. The zero-order chi connectivity index (χ0) is 13.3. The molecule has 96 valence electrons. The van der Waals surface area contributed by atoms with E-state index in [1.807, 2.05) is 44.3 Å². The summed E-state index contributed by atoms with van der Waals surface area (Å²) in [7, 11) is 0. The van der Waals surface area contributed by atoms with Crippen LogP contribution in [0.15, 0.2) is 30.5 Å². The second-order valence-corrected chi connectivity index (χ2v) is 5.28. The first-order chi connectivity index (χ1) is 8.42. The van der Waals surface area contributed by atoms with E-state index in [9.17, 15) is 4.79 Å². The summed E-state index contributed by atoms with van der Waals surface area (Å²) < 4.78 is 0. The molecule has 4 heteroatoms. The molecule has 0 amide bonds. The van der Waals surface area contributed by atoms with Gasteiger partial charge in [-0.3, -0.25) is 4.79 Å². The van der Waals surface area contributed by atoms with Gasteiger partial charge in [-0.2, -0.15) is 0 Å². The molecule has 1 unspecified atom stereocenters. The Balaban J connectivity index is 2.37. The molecule has 0 saturated heterocycles. The fraction of sp³-hybridized carbons (Fsp3) is 0.357. The van der Waals surface area contributed by atoms with Crippen molar-refractivity contribution in [3.63, 3.8) is 0 Å². The number of carboxylic acid groups (broad SMARTS) is 1. The smallest absolute Gasteiger partial charge is 0.320 e. The van der Waals surface area contributed by atoms with Crippen LogP contribution in [0.3, 0.4) is 0 Å². The molecule has 1 aromatic heterocycles. The highest BCUT2D eigenvalue weighted by Gasteiger charge is 2.28. The molecule has 0 aliphatic rings. The van der Waals surface area contributed by atoms with Gasteiger partial charge in [-0.25, -0.2) is 0 Å². The summed E-state index contributed by atoms with van der Waals surface area (Å²) in [5, 5.41) is 10.0. The summed E-state index contributed by atoms with van der Waals surface area (Å²) in [6.07, 6.45) is 2.35. The summed E-state index contributed by atoms with van der Waals surface area (Å²) in [6.45, 7) is 4.04. The van der Waals surface area contributed by atoms with Gasteiger partial charge in [-0.15, -0.1) is 0 Å². The number of H-pyrrole nitrogens is 1. The number of para-hydroxylation sites is 1. The second kappa shape index (κ2) is 4.46. The Morgan fingerprint density at radius 3 is 2.78 bits per heavy atom. The molecule has 2 aromatic rings. The van der Waals surface area contributed by atoms with Crippen LogP contribution in [-0.2, 0) is 10.2 Å². The molecule has 0 saturated carbocycles. The quantitative estimate of drug-likeness (QED) is 0.774. The van der Waals surface area contributed by atoms with Crippen molar-refractivity contribution in [1.29, 1.82) is 0 Å². The molecule has 0 bridgehead atoms. The number of fused-ring (bicyclic) bond motifs is 1. The lowest BCUT2D eigenvalue weighted by atomic mass is 9.79. The van der Waals surface area contributed by atoms with Crippen molar-refractivity contribution in [2.45, 2.75) is 31.7 Å². The molecule has 0 aliphatic carbocycles. The molecule has 1 heterocycles. The van der Waals surface area contributed by atoms with E-state index >= 15 is 0 Å². The number of nitrogens with two attached hydrogens (primary N) is 1. The van der Waals surface area contributed by atoms with Crippen molar-refractivity contribution in [2.75, 3.05) is 0 Å². The lowest BCUT2D eigenvalue weighted by Crippen LogP contribution is -2.36. The number of carboxylic acids is 1. The van der Waals surface area contributed by atoms with Crippen LogP contribution in [-0.4, -0.2) is 22.1 Å². The van der Waals surface area contributed by atoms with Crippen LogP contribution < -0.4 is 5.73 Å². The van der Waals surface area contributed by atoms with Gasteiger partial charge in [0.2, 0.25) is 0 Å². The molecule has 0 fully saturated rings. The number of carbonyl (C=O) groups is 1. The number of rotatable bonds is 4. The van der Waals surface area contributed by atoms with Crippen LogP contribution in [0.4, 0.5) is 0 Å². The predicted octanol–water partition coefficient (Wildman–Crippen LogP) is 2.25. The number of hydrogen-bond acceptors (Lipinski definition) is 2. The molecule has 0 radical (unpaired) electrons. The highest BCUT2D eigenvalue weighted by Crippen LogP contribution is 2.33. The summed E-state index contributed by atoms with van der Waals surface area (Å²) in [5.41, 5.74) is 7.53. The van der Waals surface area contributed by atoms with Gasteiger partial charge in [0.1, 0.15) is 6.04 Å². The Kier molecular flexibility index (Phi) is 3.13. The Bertz CT molecular complexity index is 572. The monoisotopic (exact) mass is 246 g/mol. The van der Waals surface area contributed by atoms with Crippen molar-refractivity contribution in [1.82, 2.24) is 4.98 Å². The minimum absolute atomic E-state index is 0.280. The third kappa shape index (κ3) is 2.24. The topological polar surface area (TPSA) is 79.1 Å². The SMILES string of the molecule is CC(C)(CC(N)C(=O)O)c1c[nH]c2ccccc12. The van der Waals surface area contributed by atoms with E-state index in [-0.39, 0.29) is 5.41 Å². The first-order valence-electron chi connectivity index (χ1n) is 5.97. The van der Waals surface area contributed by atoms with Crippen molar-refractivity contribution in [2.24, 2.45) is 5.73 Å². The standard InChI is InChI=1S/C14H18N2O2/c1-14(2,7-11(15)13(17)18)10-8-16-12-6-4-3-5-9(10)12/h3-6,8,11,16H,7,15H2,1-2H3,(H,17,18). The zero-order valence-electron chi connectivity index (χ0n) is 10.6. The highest BCUT2D eigenvalue weighted by molar-refractivity contribution is 5.84. The maximum atomic E-state index is 10.9. The fourth-order valence-corrected chi connectivity index (χ4v) is 2.38. The van der Waals surface area contributed by atoms with Gasteiger partial charge in [0, 0.05) is 17.1 Å². The Morgan fingerprint density at radius 1 is 1.44 bits per heavy atom. The van der Waals surface area contributed by atoms with Gasteiger partial charge in [0.25, 0.3) is 0 Å². The molecular weight excluding hydrogens is 228 g/mol. The Hall–Kier alpha value is -1.81. The lowest BCUT2D eigenvalue weighted by Gasteiger charge is -2.26. The average Bonchev–Trinajstić information content (AvgIpc) is 2.72. The number of hydrogen-bond donors (Lipinski definition) is 3. The molecule has 4 nitrogen and oxygen atoms in total. The minimum atomic E-state index is -0.956. The van der Waals surface area contributed by atoms with Crippen LogP contribution in [0, 0.1) is 0 Å². The number of aromatic amines is 1. The predicted molar refractivity (Wildman–Crippen MR) is 71.6 cm³/mol. The van der Waals surface area contributed by atoms with E-state index in [1.165, 1.54) is 0 Å². The van der Waals surface area contributed by atoms with Crippen LogP contribution in [0.2, 0.25) is 0 Å². The van der Waals surface area contributed by atoms with Crippen molar-refractivity contribution >= 4 is 16.9 Å². The number of aliphatic carboxylic acids is 1. The van der Waals surface area contributed by atoms with Crippen LogP contribution in [0.5, 0.6) is 0 Å². The fourth-order valence-electron chi connectivity index (χ4n) is 2.38. The van der Waals surface area contributed by atoms with Gasteiger partial charge in [-0.05, 0) is 23.5 Å². The van der Waals surface area contributed by atoms with Crippen molar-refractivity contribution in [3.05, 3.63) is 36.0 Å². The largest absolute Gasteiger partial charge is 0.480 e. The van der Waals surface area contributed by atoms with Crippen LogP contribution in [0.1, 0.15) is 25.8 Å². The summed E-state index contributed by atoms with van der Waals surface area (Å²) in [5.74, 6) is -0.956. The molecule has 0 spiro atoms. The van der Waals surface area contributed by atoms with Gasteiger partial charge in [0.15, 0.2) is 0 Å². The lowest BCUT2D eigenvalue weighted by molar-refractivity contribution is -0.139. The average molecular weight is 246 g/mol. The number of nitrogens with one attached hydrogen (secondary N) is 1. The summed E-state index contributed by atoms with van der Waals surface area (Å²) in [4.78, 5) is 14.1. The van der Waals surface area contributed by atoms with Gasteiger partial charge < -0.3 is 15.8 Å². The number of aromatic nitrogens is 1. The Morgan fingerprint density at radius 2 is 2.11 bits per heavy atom. The number of benzene rings is 1. The van der Waals surface area contributed by atoms with Crippen molar-refractivity contribution in [3.8, 4) is 0 Å². The van der Waals surface area contributed by atoms with Gasteiger partial charge >= 0.3 is 5.97 Å². The normalized spacial score (nSPS) is 13.7. The first kappa shape index (κ1) is 12.6. The third-order valence-electron chi connectivity index (χ3n) is 3.37. The van der Waals surface area contributed by atoms with Crippen LogP contribution in [0.25, 0.3) is 10.9 Å². The van der Waals surface area contributed by atoms with Gasteiger partial charge in [-0.1, -0.05) is 32.0 Å². The molecule has 4 N–H and O–H groups in total. The van der Waals surface area contributed by atoms with E-state index in [0.717, 1.165) is 16.5 Å². The first-order valence-corrected chi connectivity index (χ1v) is 5.97. The molecule has 1 aromatic carbocycles. The molecular formula is C14H18N2O2. The molecule has 18 heavy (non-hydrogen) atoms. The third-order valence-corrected chi connectivity index (χ3v) is 3.37. The molecule has 1 atom stereocenters. The molecule has 0 aliphatic heterocycles. The Labute approximate surface area is 106 Å². The summed E-state index contributed by atoms with van der Waals surface area (Å²) in [6, 6.07) is 7.15. The van der Waals surface area contributed by atoms with E-state index in [1.54, 1.807) is 0 Å². The maximum Gasteiger partial charge on any atom is 0.320 e. The van der Waals surface area contributed by atoms with Crippen molar-refractivity contribution < 1.29 is 9.90 Å². The van der Waals surface area contributed by atoms with E-state index in [4.69, 9.17) is 10.8 Å². The van der Waals surface area contributed by atoms with Crippen LogP contribution >= 0.6 is 0 Å². The highest BCUT2D eigenvalue weighted by atomic mass is 16.4. The van der Waals surface area contributed by atoms with E-state index < -0.39 is 12.0 Å². The van der Waals surface area contributed by atoms with E-state index in [0.29, 0.717) is 6.42 Å².